The average molecular weight is 700 g/mol. The zero-order valence-electron chi connectivity index (χ0n) is 32.4. The molecule has 0 saturated heterocycles. The maximum absolute atomic E-state index is 7.83. The first-order chi connectivity index (χ1) is 25.7. The number of aryl methyl sites for hydroxylation is 1. The van der Waals surface area contributed by atoms with Gasteiger partial charge in [0.2, 0.25) is 0 Å². The van der Waals surface area contributed by atoms with Gasteiger partial charge in [0.05, 0.1) is 5.71 Å². The lowest BCUT2D eigenvalue weighted by Gasteiger charge is -2.09. The zero-order valence-corrected chi connectivity index (χ0v) is 32.4. The second-order valence-electron chi connectivity index (χ2n) is 12.8. The fourth-order valence-electron chi connectivity index (χ4n) is 5.42. The Morgan fingerprint density at radius 2 is 1.45 bits per heavy atom. The minimum Gasteiger partial charge on any atom is -0.402 e. The highest BCUT2D eigenvalue weighted by Gasteiger charge is 2.04. The summed E-state index contributed by atoms with van der Waals surface area (Å²) in [5.74, 6) is 0. The smallest absolute Gasteiger partial charge is 0.0592 e. The lowest BCUT2D eigenvalue weighted by atomic mass is 10.1. The summed E-state index contributed by atoms with van der Waals surface area (Å²) in [5, 5.41) is 14.0. The predicted octanol–water partition coefficient (Wildman–Crippen LogP) is 13.9. The quantitative estimate of drug-likeness (QED) is 0.102. The summed E-state index contributed by atoms with van der Waals surface area (Å²) < 4.78 is 0. The molecule has 1 aliphatic rings. The molecule has 4 aromatic rings. The Morgan fingerprint density at radius 1 is 0.755 bits per heavy atom. The van der Waals surface area contributed by atoms with Crippen LogP contribution in [0, 0.1) is 12.3 Å². The van der Waals surface area contributed by atoms with Crippen LogP contribution in [0.2, 0.25) is 0 Å². The normalized spacial score (nSPS) is 13.6. The topological polar surface area (TPSA) is 61.9 Å². The van der Waals surface area contributed by atoms with Crippen molar-refractivity contribution in [1.82, 2.24) is 0 Å². The second-order valence-corrected chi connectivity index (χ2v) is 12.8. The number of fused-ring (bicyclic) bond motifs is 1. The Morgan fingerprint density at radius 3 is 2.11 bits per heavy atom. The Bertz CT molecular complexity index is 2020. The predicted molar refractivity (Wildman–Crippen MR) is 235 cm³/mol. The fourth-order valence-corrected chi connectivity index (χ4v) is 5.42. The van der Waals surface area contributed by atoms with E-state index in [1.54, 1.807) is 6.08 Å². The molecular weight excluding hydrogens is 643 g/mol. The van der Waals surface area contributed by atoms with Crippen molar-refractivity contribution in [2.45, 2.75) is 60.8 Å². The molecule has 4 aromatic carbocycles. The highest BCUT2D eigenvalue weighted by molar-refractivity contribution is 6.07. The van der Waals surface area contributed by atoms with Crippen molar-refractivity contribution in [3.05, 3.63) is 210 Å². The van der Waals surface area contributed by atoms with Gasteiger partial charge in [0, 0.05) is 23.5 Å². The number of hydrogen-bond acceptors (Lipinski definition) is 3. The van der Waals surface area contributed by atoms with E-state index < -0.39 is 0 Å². The maximum atomic E-state index is 7.83. The van der Waals surface area contributed by atoms with Gasteiger partial charge in [0.25, 0.3) is 0 Å². The molecule has 5 rings (SSSR count). The van der Waals surface area contributed by atoms with Crippen LogP contribution in [0.3, 0.4) is 0 Å². The van der Waals surface area contributed by atoms with Gasteiger partial charge in [-0.25, -0.2) is 0 Å². The van der Waals surface area contributed by atoms with Gasteiger partial charge in [-0.2, -0.15) is 0 Å². The monoisotopic (exact) mass is 699 g/mol. The lowest BCUT2D eigenvalue weighted by Crippen LogP contribution is -2.02. The third-order valence-corrected chi connectivity index (χ3v) is 8.54. The van der Waals surface area contributed by atoms with Gasteiger partial charge in [0.1, 0.15) is 0 Å². The van der Waals surface area contributed by atoms with Crippen molar-refractivity contribution in [3.63, 3.8) is 0 Å². The molecule has 0 fully saturated rings. The minimum absolute atomic E-state index is 0.516. The van der Waals surface area contributed by atoms with Crippen molar-refractivity contribution in [2.75, 3.05) is 5.32 Å². The largest absolute Gasteiger partial charge is 0.402 e. The number of anilines is 1. The van der Waals surface area contributed by atoms with Crippen LogP contribution in [0.4, 0.5) is 5.69 Å². The molecule has 0 aliphatic heterocycles. The van der Waals surface area contributed by atoms with E-state index in [0.717, 1.165) is 35.5 Å². The van der Waals surface area contributed by atoms with Crippen LogP contribution < -0.4 is 11.1 Å². The zero-order chi connectivity index (χ0) is 38.3. The maximum Gasteiger partial charge on any atom is 0.0592 e. The molecule has 0 spiro atoms. The molecular formula is C50H57N3. The summed E-state index contributed by atoms with van der Waals surface area (Å²) >= 11 is 0. The Labute approximate surface area is 319 Å². The van der Waals surface area contributed by atoms with E-state index in [1.165, 1.54) is 38.6 Å². The highest BCUT2D eigenvalue weighted by Crippen LogP contribution is 2.22. The van der Waals surface area contributed by atoms with Crippen molar-refractivity contribution < 1.29 is 0 Å². The Hall–Kier alpha value is -5.93. The number of rotatable bonds is 12. The highest BCUT2D eigenvalue weighted by atomic mass is 14.9. The van der Waals surface area contributed by atoms with Crippen LogP contribution in [0.15, 0.2) is 204 Å². The van der Waals surface area contributed by atoms with Gasteiger partial charge < -0.3 is 16.5 Å². The van der Waals surface area contributed by atoms with Gasteiger partial charge in [-0.15, -0.1) is 0 Å². The fraction of sp³-hybridized carbons (Fsp3) is 0.180. The molecule has 3 nitrogen and oxygen atoms in total. The molecule has 272 valence electrons. The molecule has 0 radical (unpaired) electrons. The van der Waals surface area contributed by atoms with Crippen molar-refractivity contribution in [2.24, 2.45) is 5.73 Å². The minimum atomic E-state index is 0.516. The van der Waals surface area contributed by atoms with Gasteiger partial charge in [-0.05, 0) is 117 Å². The van der Waals surface area contributed by atoms with E-state index in [2.05, 4.69) is 161 Å². The summed E-state index contributed by atoms with van der Waals surface area (Å²) in [7, 11) is 0. The number of nitrogens with two attached hydrogens (primary N) is 1. The summed E-state index contributed by atoms with van der Waals surface area (Å²) in [6, 6.07) is 33.8. The van der Waals surface area contributed by atoms with Crippen LogP contribution in [0.5, 0.6) is 0 Å². The van der Waals surface area contributed by atoms with Gasteiger partial charge in [-0.3, -0.25) is 0 Å². The van der Waals surface area contributed by atoms with Crippen LogP contribution in [0.25, 0.3) is 21.9 Å². The van der Waals surface area contributed by atoms with Crippen LogP contribution >= 0.6 is 0 Å². The van der Waals surface area contributed by atoms with E-state index in [4.69, 9.17) is 11.1 Å². The van der Waals surface area contributed by atoms with Crippen LogP contribution in [0.1, 0.15) is 59.4 Å². The second kappa shape index (κ2) is 23.5. The van der Waals surface area contributed by atoms with Crippen LogP contribution in [-0.4, -0.2) is 5.71 Å². The third kappa shape index (κ3) is 15.5. The van der Waals surface area contributed by atoms with Crippen molar-refractivity contribution in [1.29, 1.82) is 5.41 Å². The summed E-state index contributed by atoms with van der Waals surface area (Å²) in [5.41, 5.74) is 16.7. The van der Waals surface area contributed by atoms with E-state index >= 15 is 0 Å². The van der Waals surface area contributed by atoms with Gasteiger partial charge >= 0.3 is 0 Å². The molecule has 4 N–H and O–H groups in total. The van der Waals surface area contributed by atoms with E-state index in [1.807, 2.05) is 55.5 Å². The number of hydrogen-bond donors (Lipinski definition) is 3. The summed E-state index contributed by atoms with van der Waals surface area (Å²) in [4.78, 5) is 0. The molecule has 0 bridgehead atoms. The van der Waals surface area contributed by atoms with Gasteiger partial charge in [0.15, 0.2) is 0 Å². The van der Waals surface area contributed by atoms with Crippen molar-refractivity contribution >= 4 is 22.2 Å². The average Bonchev–Trinajstić information content (AvgIpc) is 3.73. The summed E-state index contributed by atoms with van der Waals surface area (Å²) in [6.45, 7) is 12.5. The number of benzene rings is 4. The number of allylic oxidation sites excluding steroid dienone is 17. The molecule has 0 saturated carbocycles. The summed E-state index contributed by atoms with van der Waals surface area (Å²) in [6.07, 6.45) is 28.9. The first kappa shape index (κ1) is 41.5. The van der Waals surface area contributed by atoms with Gasteiger partial charge in [-0.1, -0.05) is 157 Å². The molecule has 0 heterocycles. The molecule has 53 heavy (non-hydrogen) atoms. The van der Waals surface area contributed by atoms with E-state index in [9.17, 15) is 0 Å². The first-order valence-electron chi connectivity index (χ1n) is 18.4. The van der Waals surface area contributed by atoms with E-state index in [-0.39, 0.29) is 0 Å². The lowest BCUT2D eigenvalue weighted by molar-refractivity contribution is 1.17. The van der Waals surface area contributed by atoms with Crippen molar-refractivity contribution in [3.8, 4) is 11.1 Å². The first-order valence-corrected chi connectivity index (χ1v) is 18.4. The molecule has 0 amide bonds. The molecule has 0 unspecified atom stereocenters. The number of nitrogens with one attached hydrogen (secondary N) is 2. The molecule has 1 aliphatic carbocycles. The Kier molecular flexibility index (Phi) is 18.4. The third-order valence-electron chi connectivity index (χ3n) is 8.54. The standard InChI is InChI=1S/C25H29N.C14H18N2.C11H10/c1-5-20(3)11-10-12-22(6-2)19-21(4)26-25-17-15-24(16-18-25)23-13-8-7-9-14-23;1-2-3-4-5-10-13(15)11-14(16)12-8-6-7-9-12;1-9-5-4-7-10-6-2-3-8-11(9)10/h5-11,13-19,26H,12H2,1-4H3;2-8,11,16H,9-10,15H2,1H3;2-8H,1H3/b11-10-,20-5-,21-19+,22-6-;3-2-,5-4-,13-11-,16-14?;. The SMILES string of the molecule is C/C=C(C)\C=C/CC(=C/C)/C=C(\C)Nc1ccc(-c2ccccc2)cc1.C/C=C\C=C/C/C(N)=C/C(=N)C1=CC=CC1.Cc1cccc2ccccc12. The molecule has 3 heteroatoms. The Balaban J connectivity index is 0.000000236. The van der Waals surface area contributed by atoms with E-state index in [0.29, 0.717) is 12.1 Å². The van der Waals surface area contributed by atoms with Crippen LogP contribution in [-0.2, 0) is 0 Å². The molecule has 0 aromatic heterocycles. The molecule has 0 atom stereocenters.